The van der Waals surface area contributed by atoms with Crippen LogP contribution in [0, 0.1) is 13.8 Å². The summed E-state index contributed by atoms with van der Waals surface area (Å²) in [6.45, 7) is 14.5. The SMILES string of the molecule is CCCC(C)(OCC)C(=O)Nc1cc(C)c(OC(C)CC)c(C)c1. The molecule has 4 nitrogen and oxygen atoms in total. The molecule has 2 unspecified atom stereocenters. The van der Waals surface area contributed by atoms with E-state index in [2.05, 4.69) is 26.1 Å². The van der Waals surface area contributed by atoms with Crippen molar-refractivity contribution in [2.45, 2.75) is 79.4 Å². The van der Waals surface area contributed by atoms with Gasteiger partial charge in [-0.2, -0.15) is 0 Å². The van der Waals surface area contributed by atoms with Gasteiger partial charge in [0.15, 0.2) is 0 Å². The summed E-state index contributed by atoms with van der Waals surface area (Å²) in [4.78, 5) is 12.7. The van der Waals surface area contributed by atoms with E-state index in [1.165, 1.54) is 0 Å². The van der Waals surface area contributed by atoms with Crippen molar-refractivity contribution in [1.82, 2.24) is 0 Å². The van der Waals surface area contributed by atoms with Gasteiger partial charge in [-0.05, 0) is 70.7 Å². The molecular formula is C20H33NO3. The molecule has 1 N–H and O–H groups in total. The predicted octanol–water partition coefficient (Wildman–Crippen LogP) is 5.01. The highest BCUT2D eigenvalue weighted by molar-refractivity contribution is 5.97. The Balaban J connectivity index is 2.97. The zero-order valence-corrected chi connectivity index (χ0v) is 16.3. The largest absolute Gasteiger partial charge is 0.490 e. The lowest BCUT2D eigenvalue weighted by atomic mass is 9.98. The highest BCUT2D eigenvalue weighted by Crippen LogP contribution is 2.29. The second-order valence-corrected chi connectivity index (χ2v) is 6.64. The van der Waals surface area contributed by atoms with Gasteiger partial charge in [0.25, 0.3) is 5.91 Å². The lowest BCUT2D eigenvalue weighted by Gasteiger charge is -2.28. The van der Waals surface area contributed by atoms with Crippen molar-refractivity contribution in [3.8, 4) is 5.75 Å². The summed E-state index contributed by atoms with van der Waals surface area (Å²) >= 11 is 0. The zero-order chi connectivity index (χ0) is 18.3. The third-order valence-corrected chi connectivity index (χ3v) is 4.28. The van der Waals surface area contributed by atoms with E-state index in [1.807, 2.05) is 39.8 Å². The molecule has 2 atom stereocenters. The van der Waals surface area contributed by atoms with Crippen molar-refractivity contribution in [2.24, 2.45) is 0 Å². The molecule has 1 rings (SSSR count). The molecule has 0 saturated heterocycles. The fourth-order valence-electron chi connectivity index (χ4n) is 2.80. The van der Waals surface area contributed by atoms with E-state index in [9.17, 15) is 4.79 Å². The van der Waals surface area contributed by atoms with E-state index >= 15 is 0 Å². The second kappa shape index (κ2) is 9.07. The minimum absolute atomic E-state index is 0.0967. The van der Waals surface area contributed by atoms with Crippen LogP contribution in [0.1, 0.15) is 65.0 Å². The number of benzene rings is 1. The lowest BCUT2D eigenvalue weighted by Crippen LogP contribution is -2.42. The lowest BCUT2D eigenvalue weighted by molar-refractivity contribution is -0.139. The fourth-order valence-corrected chi connectivity index (χ4v) is 2.80. The number of hydrogen-bond acceptors (Lipinski definition) is 3. The maximum Gasteiger partial charge on any atom is 0.256 e. The maximum atomic E-state index is 12.7. The molecule has 0 aliphatic heterocycles. The molecule has 0 fully saturated rings. The van der Waals surface area contributed by atoms with Gasteiger partial charge in [0.1, 0.15) is 11.4 Å². The average molecular weight is 335 g/mol. The summed E-state index contributed by atoms with van der Waals surface area (Å²) in [5.74, 6) is 0.809. The van der Waals surface area contributed by atoms with Crippen LogP contribution < -0.4 is 10.1 Å². The van der Waals surface area contributed by atoms with Crippen LogP contribution in [0.5, 0.6) is 5.75 Å². The van der Waals surface area contributed by atoms with Gasteiger partial charge in [-0.3, -0.25) is 4.79 Å². The summed E-state index contributed by atoms with van der Waals surface area (Å²) in [5, 5.41) is 3.01. The van der Waals surface area contributed by atoms with Crippen LogP contribution >= 0.6 is 0 Å². The number of carbonyl (C=O) groups is 1. The number of ether oxygens (including phenoxy) is 2. The zero-order valence-electron chi connectivity index (χ0n) is 16.3. The standard InChI is InChI=1S/C20H33NO3/c1-8-11-20(7,23-10-3)19(22)21-17-12-14(4)18(15(5)13-17)24-16(6)9-2/h12-13,16H,8-11H2,1-7H3,(H,21,22). The summed E-state index contributed by atoms with van der Waals surface area (Å²) in [5.41, 5.74) is 2.05. The van der Waals surface area contributed by atoms with Crippen LogP contribution in [0.2, 0.25) is 0 Å². The van der Waals surface area contributed by atoms with Gasteiger partial charge < -0.3 is 14.8 Å². The molecule has 0 spiro atoms. The highest BCUT2D eigenvalue weighted by Gasteiger charge is 2.33. The Kier molecular flexibility index (Phi) is 7.74. The molecule has 4 heteroatoms. The van der Waals surface area contributed by atoms with Gasteiger partial charge in [-0.25, -0.2) is 0 Å². The van der Waals surface area contributed by atoms with E-state index in [0.29, 0.717) is 13.0 Å². The Bertz CT molecular complexity index is 525. The average Bonchev–Trinajstić information content (AvgIpc) is 2.51. The topological polar surface area (TPSA) is 47.6 Å². The van der Waals surface area contributed by atoms with E-state index in [-0.39, 0.29) is 12.0 Å². The third kappa shape index (κ3) is 5.23. The van der Waals surface area contributed by atoms with Gasteiger partial charge in [0.2, 0.25) is 0 Å². The highest BCUT2D eigenvalue weighted by atomic mass is 16.5. The molecule has 0 aromatic heterocycles. The summed E-state index contributed by atoms with van der Waals surface area (Å²) < 4.78 is 11.7. The molecule has 1 aromatic rings. The molecule has 0 heterocycles. The molecule has 0 aliphatic carbocycles. The Morgan fingerprint density at radius 1 is 1.21 bits per heavy atom. The Hall–Kier alpha value is -1.55. The Labute approximate surface area is 146 Å². The smallest absolute Gasteiger partial charge is 0.256 e. The monoisotopic (exact) mass is 335 g/mol. The van der Waals surface area contributed by atoms with Crippen LogP contribution in [-0.4, -0.2) is 24.2 Å². The Morgan fingerprint density at radius 3 is 2.25 bits per heavy atom. The number of aryl methyl sites for hydroxylation is 2. The molecule has 0 aliphatic rings. The Morgan fingerprint density at radius 2 is 1.79 bits per heavy atom. The molecule has 24 heavy (non-hydrogen) atoms. The van der Waals surface area contributed by atoms with Crippen LogP contribution in [0.15, 0.2) is 12.1 Å². The first-order chi connectivity index (χ1) is 11.3. The van der Waals surface area contributed by atoms with Crippen LogP contribution in [0.4, 0.5) is 5.69 Å². The van der Waals surface area contributed by atoms with Crippen LogP contribution in [0.3, 0.4) is 0 Å². The molecule has 0 saturated carbocycles. The minimum atomic E-state index is -0.794. The number of amides is 1. The first-order valence-electron chi connectivity index (χ1n) is 9.00. The van der Waals surface area contributed by atoms with E-state index in [4.69, 9.17) is 9.47 Å². The number of hydrogen-bond donors (Lipinski definition) is 1. The van der Waals surface area contributed by atoms with Gasteiger partial charge in [-0.15, -0.1) is 0 Å². The predicted molar refractivity (Wildman–Crippen MR) is 99.9 cm³/mol. The van der Waals surface area contributed by atoms with Crippen molar-refractivity contribution < 1.29 is 14.3 Å². The van der Waals surface area contributed by atoms with E-state index in [1.54, 1.807) is 0 Å². The molecule has 0 bridgehead atoms. The number of rotatable bonds is 9. The molecule has 1 aromatic carbocycles. The number of anilines is 1. The maximum absolute atomic E-state index is 12.7. The van der Waals surface area contributed by atoms with Gasteiger partial charge >= 0.3 is 0 Å². The molecular weight excluding hydrogens is 302 g/mol. The van der Waals surface area contributed by atoms with Crippen LogP contribution in [0.25, 0.3) is 0 Å². The van der Waals surface area contributed by atoms with Gasteiger partial charge in [0.05, 0.1) is 6.10 Å². The first-order valence-corrected chi connectivity index (χ1v) is 9.00. The van der Waals surface area contributed by atoms with Crippen LogP contribution in [-0.2, 0) is 9.53 Å². The molecule has 1 amide bonds. The van der Waals surface area contributed by atoms with Crippen molar-refractivity contribution >= 4 is 11.6 Å². The van der Waals surface area contributed by atoms with Gasteiger partial charge in [-0.1, -0.05) is 20.3 Å². The van der Waals surface area contributed by atoms with E-state index in [0.717, 1.165) is 35.4 Å². The summed E-state index contributed by atoms with van der Waals surface area (Å²) in [7, 11) is 0. The quantitative estimate of drug-likeness (QED) is 0.689. The first kappa shape index (κ1) is 20.5. The van der Waals surface area contributed by atoms with Crippen molar-refractivity contribution in [3.63, 3.8) is 0 Å². The summed E-state index contributed by atoms with van der Waals surface area (Å²) in [6, 6.07) is 3.92. The molecule has 136 valence electrons. The van der Waals surface area contributed by atoms with Crippen molar-refractivity contribution in [1.29, 1.82) is 0 Å². The normalized spacial score (nSPS) is 14.8. The van der Waals surface area contributed by atoms with E-state index < -0.39 is 5.60 Å². The minimum Gasteiger partial charge on any atom is -0.490 e. The second-order valence-electron chi connectivity index (χ2n) is 6.64. The molecule has 0 radical (unpaired) electrons. The number of nitrogens with one attached hydrogen (secondary N) is 1. The third-order valence-electron chi connectivity index (χ3n) is 4.28. The summed E-state index contributed by atoms with van der Waals surface area (Å²) in [6.07, 6.45) is 2.72. The van der Waals surface area contributed by atoms with Crippen molar-refractivity contribution in [3.05, 3.63) is 23.3 Å². The van der Waals surface area contributed by atoms with Gasteiger partial charge in [0, 0.05) is 12.3 Å². The number of carbonyl (C=O) groups excluding carboxylic acids is 1. The van der Waals surface area contributed by atoms with Crippen molar-refractivity contribution in [2.75, 3.05) is 11.9 Å². The fraction of sp³-hybridized carbons (Fsp3) is 0.650.